The monoisotopic (exact) mass is 176 g/mol. The molecule has 1 fully saturated rings. The largest absolute Gasteiger partial charge is 0.359 e. The molecule has 67 valence electrons. The molecule has 0 aromatic heterocycles. The van der Waals surface area contributed by atoms with Gasteiger partial charge in [0, 0.05) is 12.1 Å². The number of hydrogen-bond donors (Lipinski definition) is 0. The molecule has 0 bridgehead atoms. The normalized spacial score (nSPS) is 16.2. The number of hydrogen-bond acceptors (Lipinski definition) is 2. The van der Waals surface area contributed by atoms with Crippen LogP contribution in [-0.4, -0.2) is 30.7 Å². The van der Waals surface area contributed by atoms with Gasteiger partial charge in [-0.25, -0.2) is 0 Å². The molecular weight excluding hydrogens is 166 g/mol. The summed E-state index contributed by atoms with van der Waals surface area (Å²) in [6.07, 6.45) is 0. The van der Waals surface area contributed by atoms with Crippen LogP contribution in [0, 0.1) is 6.07 Å². The Hall–Kier alpha value is -1.35. The lowest BCUT2D eigenvalue weighted by Crippen LogP contribution is -2.28. The number of nitrogens with zero attached hydrogens (tertiary/aromatic N) is 1. The fourth-order valence-corrected chi connectivity index (χ4v) is 1.29. The van der Waals surface area contributed by atoms with Crippen molar-refractivity contribution >= 4 is 5.91 Å². The number of ether oxygens (including phenoxy) is 1. The SMILES string of the molecule is O=C(c1cc[c]cc1)N1CCOC1. The second kappa shape index (κ2) is 3.58. The zero-order valence-corrected chi connectivity index (χ0v) is 7.19. The zero-order valence-electron chi connectivity index (χ0n) is 7.19. The van der Waals surface area contributed by atoms with Crippen LogP contribution >= 0.6 is 0 Å². The number of carbonyl (C=O) groups excluding carboxylic acids is 1. The predicted molar refractivity (Wildman–Crippen MR) is 47.1 cm³/mol. The van der Waals surface area contributed by atoms with Crippen LogP contribution in [-0.2, 0) is 4.74 Å². The van der Waals surface area contributed by atoms with Gasteiger partial charge in [-0.05, 0) is 18.2 Å². The highest BCUT2D eigenvalue weighted by molar-refractivity contribution is 5.94. The van der Waals surface area contributed by atoms with E-state index in [1.807, 2.05) is 0 Å². The third kappa shape index (κ3) is 1.70. The van der Waals surface area contributed by atoms with Crippen molar-refractivity contribution in [1.82, 2.24) is 4.90 Å². The van der Waals surface area contributed by atoms with Gasteiger partial charge in [0.15, 0.2) is 0 Å². The third-order valence-electron chi connectivity index (χ3n) is 2.01. The van der Waals surface area contributed by atoms with Crippen LogP contribution < -0.4 is 0 Å². The third-order valence-corrected chi connectivity index (χ3v) is 2.01. The minimum Gasteiger partial charge on any atom is -0.359 e. The molecule has 3 nitrogen and oxygen atoms in total. The molecule has 0 saturated carbocycles. The lowest BCUT2D eigenvalue weighted by atomic mass is 10.2. The quantitative estimate of drug-likeness (QED) is 0.636. The molecule has 1 aliphatic heterocycles. The molecule has 1 aliphatic rings. The highest BCUT2D eigenvalue weighted by Crippen LogP contribution is 2.07. The summed E-state index contributed by atoms with van der Waals surface area (Å²) in [7, 11) is 0. The van der Waals surface area contributed by atoms with E-state index in [2.05, 4.69) is 6.07 Å². The molecule has 1 aromatic carbocycles. The predicted octanol–water partition coefficient (Wildman–Crippen LogP) is 0.917. The van der Waals surface area contributed by atoms with Crippen molar-refractivity contribution in [2.24, 2.45) is 0 Å². The lowest BCUT2D eigenvalue weighted by molar-refractivity contribution is 0.0695. The summed E-state index contributed by atoms with van der Waals surface area (Å²) in [5.74, 6) is 0.0338. The van der Waals surface area contributed by atoms with Crippen molar-refractivity contribution in [3.8, 4) is 0 Å². The van der Waals surface area contributed by atoms with E-state index in [-0.39, 0.29) is 5.91 Å². The minimum atomic E-state index is 0.0338. The molecule has 1 amide bonds. The van der Waals surface area contributed by atoms with E-state index in [1.165, 1.54) is 0 Å². The number of benzene rings is 1. The van der Waals surface area contributed by atoms with Crippen LogP contribution in [0.4, 0.5) is 0 Å². The second-order valence-electron chi connectivity index (χ2n) is 2.89. The molecule has 13 heavy (non-hydrogen) atoms. The van der Waals surface area contributed by atoms with Crippen molar-refractivity contribution < 1.29 is 9.53 Å². The number of amides is 1. The Morgan fingerprint density at radius 3 is 2.85 bits per heavy atom. The smallest absolute Gasteiger partial charge is 0.255 e. The van der Waals surface area contributed by atoms with Gasteiger partial charge < -0.3 is 9.64 Å². The molecule has 1 radical (unpaired) electrons. The first-order chi connectivity index (χ1) is 6.38. The molecule has 1 heterocycles. The van der Waals surface area contributed by atoms with Gasteiger partial charge in [-0.1, -0.05) is 12.1 Å². The highest BCUT2D eigenvalue weighted by atomic mass is 16.5. The maximum absolute atomic E-state index is 11.7. The van der Waals surface area contributed by atoms with Gasteiger partial charge in [0.25, 0.3) is 5.91 Å². The van der Waals surface area contributed by atoms with Gasteiger partial charge in [-0.2, -0.15) is 0 Å². The first kappa shape index (κ1) is 8.26. The summed E-state index contributed by atoms with van der Waals surface area (Å²) >= 11 is 0. The molecule has 0 aliphatic carbocycles. The van der Waals surface area contributed by atoms with E-state index in [1.54, 1.807) is 29.2 Å². The fraction of sp³-hybridized carbons (Fsp3) is 0.300. The second-order valence-corrected chi connectivity index (χ2v) is 2.89. The Morgan fingerprint density at radius 2 is 2.23 bits per heavy atom. The van der Waals surface area contributed by atoms with E-state index in [0.29, 0.717) is 25.4 Å². The van der Waals surface area contributed by atoms with Crippen molar-refractivity contribution in [2.75, 3.05) is 19.9 Å². The summed E-state index contributed by atoms with van der Waals surface area (Å²) in [6, 6.07) is 9.89. The average molecular weight is 176 g/mol. The first-order valence-corrected chi connectivity index (χ1v) is 4.21. The Balaban J connectivity index is 2.13. The number of rotatable bonds is 1. The van der Waals surface area contributed by atoms with E-state index >= 15 is 0 Å². The van der Waals surface area contributed by atoms with E-state index in [9.17, 15) is 4.79 Å². The molecule has 3 heteroatoms. The summed E-state index contributed by atoms with van der Waals surface area (Å²) in [5.41, 5.74) is 0.698. The van der Waals surface area contributed by atoms with E-state index in [0.717, 1.165) is 0 Å². The van der Waals surface area contributed by atoms with Crippen molar-refractivity contribution in [2.45, 2.75) is 0 Å². The lowest BCUT2D eigenvalue weighted by Gasteiger charge is -2.12. The van der Waals surface area contributed by atoms with Crippen LogP contribution in [0.2, 0.25) is 0 Å². The molecular formula is C10H10NO2. The average Bonchev–Trinajstić information content (AvgIpc) is 2.71. The van der Waals surface area contributed by atoms with Gasteiger partial charge >= 0.3 is 0 Å². The van der Waals surface area contributed by atoms with Gasteiger partial charge in [0.1, 0.15) is 6.73 Å². The number of carbonyl (C=O) groups is 1. The first-order valence-electron chi connectivity index (χ1n) is 4.21. The van der Waals surface area contributed by atoms with Gasteiger partial charge in [-0.3, -0.25) is 4.79 Å². The van der Waals surface area contributed by atoms with Gasteiger partial charge in [0.05, 0.1) is 6.61 Å². The van der Waals surface area contributed by atoms with Crippen LogP contribution in [0.25, 0.3) is 0 Å². The van der Waals surface area contributed by atoms with Gasteiger partial charge in [0.2, 0.25) is 0 Å². The minimum absolute atomic E-state index is 0.0338. The van der Waals surface area contributed by atoms with Crippen LogP contribution in [0.3, 0.4) is 0 Å². The Morgan fingerprint density at radius 1 is 1.46 bits per heavy atom. The Labute approximate surface area is 76.9 Å². The molecule has 0 unspecified atom stereocenters. The molecule has 2 rings (SSSR count). The van der Waals surface area contributed by atoms with Gasteiger partial charge in [-0.15, -0.1) is 0 Å². The van der Waals surface area contributed by atoms with Crippen molar-refractivity contribution in [3.63, 3.8) is 0 Å². The molecule has 1 aromatic rings. The molecule has 0 N–H and O–H groups in total. The zero-order chi connectivity index (χ0) is 9.10. The Bertz CT molecular complexity index is 291. The maximum atomic E-state index is 11.7. The van der Waals surface area contributed by atoms with Crippen LogP contribution in [0.1, 0.15) is 10.4 Å². The van der Waals surface area contributed by atoms with Crippen LogP contribution in [0.15, 0.2) is 24.3 Å². The molecule has 0 spiro atoms. The highest BCUT2D eigenvalue weighted by Gasteiger charge is 2.19. The molecule has 1 saturated heterocycles. The van der Waals surface area contributed by atoms with E-state index in [4.69, 9.17) is 4.74 Å². The maximum Gasteiger partial charge on any atom is 0.255 e. The summed E-state index contributed by atoms with van der Waals surface area (Å²) < 4.78 is 5.10. The standard InChI is InChI=1S/C10H10NO2/c12-10(11-6-7-13-8-11)9-4-2-1-3-5-9/h2-5H,6-8H2. The van der Waals surface area contributed by atoms with Crippen molar-refractivity contribution in [3.05, 3.63) is 35.9 Å². The van der Waals surface area contributed by atoms with E-state index < -0.39 is 0 Å². The van der Waals surface area contributed by atoms with Crippen LogP contribution in [0.5, 0.6) is 0 Å². The summed E-state index contributed by atoms with van der Waals surface area (Å²) in [5, 5.41) is 0. The topological polar surface area (TPSA) is 29.5 Å². The van der Waals surface area contributed by atoms with Crippen molar-refractivity contribution in [1.29, 1.82) is 0 Å². The fourth-order valence-electron chi connectivity index (χ4n) is 1.29. The molecule has 0 atom stereocenters. The Kier molecular flexibility index (Phi) is 2.27. The summed E-state index contributed by atoms with van der Waals surface area (Å²) in [6.45, 7) is 1.75. The summed E-state index contributed by atoms with van der Waals surface area (Å²) in [4.78, 5) is 13.4.